The topological polar surface area (TPSA) is 136 Å². The van der Waals surface area contributed by atoms with Crippen LogP contribution < -0.4 is 10.6 Å². The molecule has 4 heterocycles. The number of anilines is 1. The Hall–Kier alpha value is -2.80. The molecule has 1 aromatic heterocycles. The molecule has 0 aliphatic carbocycles. The van der Waals surface area contributed by atoms with Gasteiger partial charge in [-0.3, -0.25) is 14.4 Å². The molecule has 3 N–H and O–H groups in total. The molecule has 36 heavy (non-hydrogen) atoms. The molecule has 0 unspecified atom stereocenters. The minimum Gasteiger partial charge on any atom is -0.483 e. The van der Waals surface area contributed by atoms with Gasteiger partial charge in [-0.15, -0.1) is 11.3 Å². The van der Waals surface area contributed by atoms with Crippen LogP contribution in [0, 0.1) is 5.92 Å². The van der Waals surface area contributed by atoms with Crippen molar-refractivity contribution in [2.45, 2.75) is 42.5 Å². The zero-order valence-corrected chi connectivity index (χ0v) is 21.4. The van der Waals surface area contributed by atoms with Gasteiger partial charge < -0.3 is 20.6 Å². The third kappa shape index (κ3) is 5.77. The second-order valence-electron chi connectivity index (χ2n) is 9.03. The minimum absolute atomic E-state index is 0.00451. The van der Waals surface area contributed by atoms with Gasteiger partial charge in [0.05, 0.1) is 0 Å². The zero-order valence-electron chi connectivity index (χ0n) is 19.8. The smallest absolute Gasteiger partial charge is 0.290 e. The number of rotatable bonds is 5. The molecule has 0 atom stereocenters. The van der Waals surface area contributed by atoms with Gasteiger partial charge in [-0.05, 0) is 67.9 Å². The van der Waals surface area contributed by atoms with Gasteiger partial charge in [0.1, 0.15) is 4.21 Å². The molecule has 194 valence electrons. The predicted molar refractivity (Wildman–Crippen MR) is 135 cm³/mol. The first-order valence-electron chi connectivity index (χ1n) is 11.9. The fraction of sp³-hybridized carbons (Fsp3) is 0.458. The van der Waals surface area contributed by atoms with Crippen molar-refractivity contribution < 1.29 is 27.9 Å². The third-order valence-electron chi connectivity index (χ3n) is 6.99. The molecule has 3 aliphatic heterocycles. The summed E-state index contributed by atoms with van der Waals surface area (Å²) in [5.74, 6) is -0.142. The molecule has 12 heteroatoms. The van der Waals surface area contributed by atoms with Gasteiger partial charge in [0.25, 0.3) is 22.4 Å². The Morgan fingerprint density at radius 1 is 1.11 bits per heavy atom. The summed E-state index contributed by atoms with van der Waals surface area (Å²) in [4.78, 5) is 35.4. The van der Waals surface area contributed by atoms with Crippen molar-refractivity contribution in [3.05, 3.63) is 46.8 Å². The fourth-order valence-corrected chi connectivity index (χ4v) is 7.66. The monoisotopic (exact) mass is 534 g/mol. The number of fused-ring (bicyclic) bond motifs is 1. The number of carboxylic acid groups (broad SMARTS) is 1. The standard InChI is InChI=1S/C23H28N4O4S2.CH2O2/c28-22(25-18-4-3-17-15-24-23(29)20(17)14-18)16-5-9-26(10-6-16)19-7-11-27(12-8-19)33(30,31)21-2-1-13-32-21;2-1-3/h1-4,13-14,16,19H,5-12,15H2,(H,24,29)(H,25,28);1H,(H,2,3). The number of thiophene rings is 1. The van der Waals surface area contributed by atoms with Crippen molar-refractivity contribution in [3.8, 4) is 0 Å². The van der Waals surface area contributed by atoms with Gasteiger partial charge in [0.15, 0.2) is 0 Å². The number of hydrogen-bond acceptors (Lipinski definition) is 7. The third-order valence-corrected chi connectivity index (χ3v) is 10.3. The predicted octanol–water partition coefficient (Wildman–Crippen LogP) is 2.20. The van der Waals surface area contributed by atoms with E-state index in [0.717, 1.165) is 44.3 Å². The van der Waals surface area contributed by atoms with Crippen molar-refractivity contribution in [1.82, 2.24) is 14.5 Å². The number of carbonyl (C=O) groups excluding carboxylic acids is 2. The summed E-state index contributed by atoms with van der Waals surface area (Å²) in [5.41, 5.74) is 2.26. The Balaban J connectivity index is 0.000000967. The second kappa shape index (κ2) is 11.5. The number of carbonyl (C=O) groups is 3. The Morgan fingerprint density at radius 2 is 1.81 bits per heavy atom. The summed E-state index contributed by atoms with van der Waals surface area (Å²) in [6.07, 6.45) is 3.20. The zero-order chi connectivity index (χ0) is 25.7. The van der Waals surface area contributed by atoms with E-state index in [9.17, 15) is 18.0 Å². The molecule has 0 bridgehead atoms. The molecule has 1 aromatic carbocycles. The summed E-state index contributed by atoms with van der Waals surface area (Å²) in [6, 6.07) is 9.29. The first-order chi connectivity index (χ1) is 17.3. The van der Waals surface area contributed by atoms with Gasteiger partial charge in [-0.25, -0.2) is 8.42 Å². The lowest BCUT2D eigenvalue weighted by molar-refractivity contribution is -0.123. The maximum Gasteiger partial charge on any atom is 0.290 e. The summed E-state index contributed by atoms with van der Waals surface area (Å²) in [5, 5.41) is 14.5. The van der Waals surface area contributed by atoms with E-state index < -0.39 is 10.0 Å². The van der Waals surface area contributed by atoms with Gasteiger partial charge in [-0.1, -0.05) is 12.1 Å². The molecule has 2 amide bonds. The summed E-state index contributed by atoms with van der Waals surface area (Å²) >= 11 is 1.26. The molecule has 2 fully saturated rings. The average molecular weight is 535 g/mol. The van der Waals surface area contributed by atoms with Crippen LogP contribution in [0.4, 0.5) is 5.69 Å². The molecule has 5 rings (SSSR count). The van der Waals surface area contributed by atoms with Crippen molar-refractivity contribution in [1.29, 1.82) is 0 Å². The van der Waals surface area contributed by atoms with Crippen LogP contribution in [0.5, 0.6) is 0 Å². The minimum atomic E-state index is -3.37. The molecular formula is C24H30N4O6S2. The van der Waals surface area contributed by atoms with Gasteiger partial charge in [-0.2, -0.15) is 4.31 Å². The van der Waals surface area contributed by atoms with E-state index >= 15 is 0 Å². The number of sulfonamides is 1. The van der Waals surface area contributed by atoms with E-state index in [1.165, 1.54) is 11.3 Å². The maximum absolute atomic E-state index is 12.8. The highest BCUT2D eigenvalue weighted by Gasteiger charge is 2.34. The molecule has 0 radical (unpaired) electrons. The second-order valence-corrected chi connectivity index (χ2v) is 12.1. The molecule has 10 nitrogen and oxygen atoms in total. The van der Waals surface area contributed by atoms with E-state index in [0.29, 0.717) is 41.1 Å². The van der Waals surface area contributed by atoms with Crippen molar-refractivity contribution in [2.75, 3.05) is 31.5 Å². The number of hydrogen-bond donors (Lipinski definition) is 3. The van der Waals surface area contributed by atoms with Crippen LogP contribution in [-0.2, 0) is 26.2 Å². The SMILES string of the molecule is O=C1NCc2ccc(NC(=O)C3CCN(C4CCN(S(=O)(=O)c5cccs5)CC4)CC3)cc21.O=CO. The van der Waals surface area contributed by atoms with E-state index in [4.69, 9.17) is 9.90 Å². The lowest BCUT2D eigenvalue weighted by Crippen LogP contribution is -2.49. The Morgan fingerprint density at radius 3 is 2.44 bits per heavy atom. The van der Waals surface area contributed by atoms with E-state index in [1.807, 2.05) is 12.1 Å². The van der Waals surface area contributed by atoms with Crippen LogP contribution in [0.1, 0.15) is 41.6 Å². The largest absolute Gasteiger partial charge is 0.483 e. The van der Waals surface area contributed by atoms with Crippen LogP contribution >= 0.6 is 11.3 Å². The Labute approximate surface area is 214 Å². The highest BCUT2D eigenvalue weighted by atomic mass is 32.2. The van der Waals surface area contributed by atoms with Gasteiger partial charge >= 0.3 is 0 Å². The highest BCUT2D eigenvalue weighted by Crippen LogP contribution is 2.29. The molecule has 0 spiro atoms. The average Bonchev–Trinajstić information content (AvgIpc) is 3.56. The number of nitrogens with one attached hydrogen (secondary N) is 2. The quantitative estimate of drug-likeness (QED) is 0.500. The van der Waals surface area contributed by atoms with Crippen LogP contribution in [0.25, 0.3) is 0 Å². The first-order valence-corrected chi connectivity index (χ1v) is 14.2. The van der Waals surface area contributed by atoms with Crippen molar-refractivity contribution in [3.63, 3.8) is 0 Å². The molecule has 2 saturated heterocycles. The number of benzene rings is 1. The Kier molecular flexibility index (Phi) is 8.39. The highest BCUT2D eigenvalue weighted by molar-refractivity contribution is 7.91. The molecule has 3 aliphatic rings. The number of likely N-dealkylation sites (tertiary alicyclic amines) is 1. The summed E-state index contributed by atoms with van der Waals surface area (Å²) in [6.45, 7) is 3.05. The number of amides is 2. The summed E-state index contributed by atoms with van der Waals surface area (Å²) in [7, 11) is -3.37. The van der Waals surface area contributed by atoms with Crippen LogP contribution in [0.15, 0.2) is 39.9 Å². The first kappa shape index (κ1) is 26.3. The lowest BCUT2D eigenvalue weighted by Gasteiger charge is -2.41. The fourth-order valence-electron chi connectivity index (χ4n) is 5.05. The molecular weight excluding hydrogens is 504 g/mol. The van der Waals surface area contributed by atoms with E-state index in [1.54, 1.807) is 27.9 Å². The number of nitrogens with zero attached hydrogens (tertiary/aromatic N) is 2. The number of piperidine rings is 2. The van der Waals surface area contributed by atoms with E-state index in [-0.39, 0.29) is 24.2 Å². The van der Waals surface area contributed by atoms with Crippen LogP contribution in [-0.4, -0.2) is 73.2 Å². The van der Waals surface area contributed by atoms with Gasteiger partial charge in [0, 0.05) is 42.8 Å². The van der Waals surface area contributed by atoms with E-state index in [2.05, 4.69) is 15.5 Å². The molecule has 0 saturated carbocycles. The van der Waals surface area contributed by atoms with Gasteiger partial charge in [0.2, 0.25) is 5.91 Å². The summed E-state index contributed by atoms with van der Waals surface area (Å²) < 4.78 is 27.5. The van der Waals surface area contributed by atoms with Crippen molar-refractivity contribution in [2.24, 2.45) is 5.92 Å². The van der Waals surface area contributed by atoms with Crippen LogP contribution in [0.3, 0.4) is 0 Å². The van der Waals surface area contributed by atoms with Crippen molar-refractivity contribution >= 4 is 45.3 Å². The van der Waals surface area contributed by atoms with Crippen LogP contribution in [0.2, 0.25) is 0 Å². The Bertz CT molecular complexity index is 1190. The normalized spacial score (nSPS) is 19.6. The molecule has 2 aromatic rings. The maximum atomic E-state index is 12.8. The lowest BCUT2D eigenvalue weighted by atomic mass is 9.93.